The van der Waals surface area contributed by atoms with Gasteiger partial charge in [-0.1, -0.05) is 127 Å². The minimum Gasteiger partial charge on any atom is -0.456 e. The van der Waals surface area contributed by atoms with Crippen molar-refractivity contribution in [1.29, 1.82) is 0 Å². The number of benzene rings is 6. The van der Waals surface area contributed by atoms with Crippen LogP contribution in [0.15, 0.2) is 167 Å². The van der Waals surface area contributed by atoms with E-state index in [-0.39, 0.29) is 0 Å². The number of fused-ring (bicyclic) bond motifs is 9. The van der Waals surface area contributed by atoms with E-state index in [0.29, 0.717) is 22.7 Å². The topological polar surface area (TPSA) is 56.7 Å². The Balaban J connectivity index is 0.983. The second kappa shape index (κ2) is 12.9. The summed E-state index contributed by atoms with van der Waals surface area (Å²) in [5.41, 5.74) is 14.8. The highest BCUT2D eigenvalue weighted by atomic mass is 32.2. The Kier molecular flexibility index (Phi) is 7.35. The van der Waals surface area contributed by atoms with Gasteiger partial charge in [-0.25, -0.2) is 15.0 Å². The van der Waals surface area contributed by atoms with E-state index in [1.54, 1.807) is 0 Å². The van der Waals surface area contributed by atoms with Gasteiger partial charge in [-0.3, -0.25) is 0 Å². The lowest BCUT2D eigenvalue weighted by molar-refractivity contribution is 0.669. The summed E-state index contributed by atoms with van der Waals surface area (Å²) in [5.74, 6) is 1.89. The zero-order chi connectivity index (χ0) is 37.5. The predicted octanol–water partition coefficient (Wildman–Crippen LogP) is 13.0. The van der Waals surface area contributed by atoms with Crippen molar-refractivity contribution < 1.29 is 4.42 Å². The molecule has 57 heavy (non-hydrogen) atoms. The molecule has 0 spiro atoms. The third-order valence-electron chi connectivity index (χ3n) is 11.6. The second-order valence-electron chi connectivity index (χ2n) is 14.9. The van der Waals surface area contributed by atoms with Crippen LogP contribution in [0.1, 0.15) is 35.2 Å². The second-order valence-corrected chi connectivity index (χ2v) is 16.2. The van der Waals surface area contributed by atoms with E-state index in [1.807, 2.05) is 84.6 Å². The Bertz CT molecular complexity index is 3130. The number of thioether (sulfide) groups is 1. The first-order valence-corrected chi connectivity index (χ1v) is 20.5. The number of nitrogens with zero attached hydrogens (tertiary/aromatic N) is 4. The molecule has 5 nitrogen and oxygen atoms in total. The van der Waals surface area contributed by atoms with Gasteiger partial charge in [-0.05, 0) is 77.9 Å². The molecule has 1 unspecified atom stereocenters. The lowest BCUT2D eigenvalue weighted by Gasteiger charge is -2.18. The summed E-state index contributed by atoms with van der Waals surface area (Å²) >= 11 is 2.00. The monoisotopic (exact) mass is 750 g/mol. The molecule has 3 aromatic heterocycles. The molecule has 0 saturated carbocycles. The predicted molar refractivity (Wildman–Crippen MR) is 234 cm³/mol. The summed E-state index contributed by atoms with van der Waals surface area (Å²) in [5, 5.41) is 3.80. The molecule has 0 radical (unpaired) electrons. The molecule has 0 bridgehead atoms. The van der Waals surface area contributed by atoms with Gasteiger partial charge < -0.3 is 8.98 Å². The van der Waals surface area contributed by atoms with Crippen LogP contribution in [-0.2, 0) is 6.42 Å². The zero-order valence-electron chi connectivity index (χ0n) is 30.9. The Morgan fingerprint density at radius 2 is 1.32 bits per heavy atom. The minimum absolute atomic E-state index is 0.381. The first-order valence-electron chi connectivity index (χ1n) is 19.6. The number of furan rings is 1. The van der Waals surface area contributed by atoms with Crippen molar-refractivity contribution in [1.82, 2.24) is 19.5 Å². The van der Waals surface area contributed by atoms with Crippen LogP contribution in [0, 0.1) is 0 Å². The summed E-state index contributed by atoms with van der Waals surface area (Å²) in [6.07, 6.45) is 12.5. The fraction of sp³-hybridized carbons (Fsp3) is 0.0784. The highest BCUT2D eigenvalue weighted by Gasteiger charge is 2.31. The van der Waals surface area contributed by atoms with Gasteiger partial charge in [-0.15, -0.1) is 11.8 Å². The number of hydrogen-bond donors (Lipinski definition) is 0. The van der Waals surface area contributed by atoms with Crippen LogP contribution in [0.2, 0.25) is 0 Å². The Hall–Kier alpha value is -6.76. The largest absolute Gasteiger partial charge is 0.456 e. The van der Waals surface area contributed by atoms with Gasteiger partial charge in [-0.2, -0.15) is 0 Å². The molecule has 4 heterocycles. The van der Waals surface area contributed by atoms with Gasteiger partial charge in [0.1, 0.15) is 11.2 Å². The van der Waals surface area contributed by atoms with E-state index >= 15 is 0 Å². The van der Waals surface area contributed by atoms with Crippen LogP contribution in [0.4, 0.5) is 0 Å². The average Bonchev–Trinajstić information content (AvgIpc) is 3.96. The van der Waals surface area contributed by atoms with Crippen molar-refractivity contribution in [2.24, 2.45) is 0 Å². The molecule has 3 aliphatic rings. The number of allylic oxidation sites excluding steroid dienone is 4. The van der Waals surface area contributed by atoms with Crippen molar-refractivity contribution in [3.8, 4) is 39.9 Å². The van der Waals surface area contributed by atoms with Crippen molar-refractivity contribution in [3.63, 3.8) is 0 Å². The number of hydrogen-bond acceptors (Lipinski definition) is 5. The van der Waals surface area contributed by atoms with Crippen LogP contribution < -0.4 is 0 Å². The molecule has 6 aromatic carbocycles. The van der Waals surface area contributed by atoms with Crippen molar-refractivity contribution >= 4 is 61.8 Å². The average molecular weight is 751 g/mol. The van der Waals surface area contributed by atoms with E-state index in [2.05, 4.69) is 95.6 Å². The minimum atomic E-state index is 0.381. The van der Waals surface area contributed by atoms with E-state index in [1.165, 1.54) is 49.5 Å². The summed E-state index contributed by atoms with van der Waals surface area (Å²) < 4.78 is 9.10. The molecule has 270 valence electrons. The van der Waals surface area contributed by atoms with Gasteiger partial charge in [0.25, 0.3) is 0 Å². The maximum atomic E-state index is 6.61. The SMILES string of the molecule is C1=Cc2c(n(-c3ccc4c(c3)SC3CC=C(c5cccc6oc7cccc(-c8nc(-c9ccccc9)nc(-c9ccccc9)n8)c7c56)C=C43)c3ccccc23)CC1. The molecule has 0 saturated heterocycles. The van der Waals surface area contributed by atoms with Gasteiger partial charge >= 0.3 is 0 Å². The first kappa shape index (κ1) is 32.5. The van der Waals surface area contributed by atoms with E-state index < -0.39 is 0 Å². The molecule has 1 aliphatic heterocycles. The standard InChI is InChI=1S/C51H34N4OS/c1-3-13-31(14-4-1)49-52-50(32-15-5-2-6-16-32)54-51(53-49)39-20-12-24-44-48(39)47-35(19-11-23-43(47)56-44)33-25-28-45-40(29-33)38-27-26-34(30-46(38)57-45)55-41-21-9-7-17-36(41)37-18-8-10-22-42(37)55/h1-9,11-21,23-27,29-30,45H,10,22,28H2. The molecule has 0 fully saturated rings. The summed E-state index contributed by atoms with van der Waals surface area (Å²) in [6.45, 7) is 0. The van der Waals surface area contributed by atoms with Gasteiger partial charge in [0.15, 0.2) is 17.5 Å². The lowest BCUT2D eigenvalue weighted by Crippen LogP contribution is -2.04. The lowest BCUT2D eigenvalue weighted by atomic mass is 9.88. The van der Waals surface area contributed by atoms with E-state index in [0.717, 1.165) is 63.5 Å². The first-order chi connectivity index (χ1) is 28.2. The van der Waals surface area contributed by atoms with Crippen LogP contribution in [0.3, 0.4) is 0 Å². The fourth-order valence-electron chi connectivity index (χ4n) is 9.06. The Morgan fingerprint density at radius 1 is 0.632 bits per heavy atom. The number of aromatic nitrogens is 4. The third-order valence-corrected chi connectivity index (χ3v) is 13.0. The maximum absolute atomic E-state index is 6.61. The number of para-hydroxylation sites is 1. The van der Waals surface area contributed by atoms with Crippen molar-refractivity contribution in [2.75, 3.05) is 0 Å². The summed E-state index contributed by atoms with van der Waals surface area (Å²) in [7, 11) is 0. The van der Waals surface area contributed by atoms with Gasteiger partial charge in [0, 0.05) is 59.9 Å². The van der Waals surface area contributed by atoms with E-state index in [4.69, 9.17) is 19.4 Å². The maximum Gasteiger partial charge on any atom is 0.164 e. The van der Waals surface area contributed by atoms with Crippen LogP contribution >= 0.6 is 11.8 Å². The number of rotatable bonds is 5. The molecule has 6 heteroatoms. The molecule has 9 aromatic rings. The van der Waals surface area contributed by atoms with Crippen LogP contribution in [0.25, 0.3) is 89.9 Å². The third kappa shape index (κ3) is 5.21. The highest BCUT2D eigenvalue weighted by molar-refractivity contribution is 8.00. The van der Waals surface area contributed by atoms with Crippen LogP contribution in [-0.4, -0.2) is 24.8 Å². The molecule has 0 amide bonds. The molecule has 12 rings (SSSR count). The molecular weight excluding hydrogens is 717 g/mol. The molecular formula is C51H34N4OS. The van der Waals surface area contributed by atoms with E-state index in [9.17, 15) is 0 Å². The highest BCUT2D eigenvalue weighted by Crippen LogP contribution is 2.51. The molecule has 0 N–H and O–H groups in total. The summed E-state index contributed by atoms with van der Waals surface area (Å²) in [6, 6.07) is 48.8. The smallest absolute Gasteiger partial charge is 0.164 e. The van der Waals surface area contributed by atoms with Crippen molar-refractivity contribution in [2.45, 2.75) is 29.4 Å². The van der Waals surface area contributed by atoms with Gasteiger partial charge in [0.2, 0.25) is 0 Å². The zero-order valence-corrected chi connectivity index (χ0v) is 31.7. The van der Waals surface area contributed by atoms with Gasteiger partial charge in [0.05, 0.1) is 5.52 Å². The molecule has 2 aliphatic carbocycles. The van der Waals surface area contributed by atoms with Crippen LogP contribution in [0.5, 0.6) is 0 Å². The Labute approximate surface area is 333 Å². The normalized spacial score (nSPS) is 15.8. The quantitative estimate of drug-likeness (QED) is 0.175. The summed E-state index contributed by atoms with van der Waals surface area (Å²) in [4.78, 5) is 16.5. The Morgan fingerprint density at radius 3 is 2.09 bits per heavy atom. The van der Waals surface area contributed by atoms with Crippen molar-refractivity contribution in [3.05, 3.63) is 180 Å². The molecule has 1 atom stereocenters. The fourth-order valence-corrected chi connectivity index (χ4v) is 10.4.